The van der Waals surface area contributed by atoms with E-state index in [1.165, 1.54) is 28.3 Å². The van der Waals surface area contributed by atoms with Crippen LogP contribution in [0.15, 0.2) is 17.1 Å². The van der Waals surface area contributed by atoms with E-state index in [9.17, 15) is 4.79 Å². The normalized spacial score (nSPS) is 12.3. The number of hydrogen-bond donors (Lipinski definition) is 0. The van der Waals surface area contributed by atoms with Gasteiger partial charge in [-0.2, -0.15) is 4.99 Å². The Bertz CT molecular complexity index is 664. The van der Waals surface area contributed by atoms with Gasteiger partial charge in [0.1, 0.15) is 0 Å². The number of aromatic nitrogens is 1. The lowest BCUT2D eigenvalue weighted by Gasteiger charge is -2.04. The number of amides is 1. The zero-order valence-electron chi connectivity index (χ0n) is 11.3. The van der Waals surface area contributed by atoms with E-state index in [0.717, 1.165) is 17.8 Å². The van der Waals surface area contributed by atoms with Gasteiger partial charge in [0, 0.05) is 13.5 Å². The molecule has 3 nitrogen and oxygen atoms in total. The minimum absolute atomic E-state index is 0.139. The maximum Gasteiger partial charge on any atom is 0.245 e. The van der Waals surface area contributed by atoms with Gasteiger partial charge in [-0.25, -0.2) is 0 Å². The molecule has 0 saturated heterocycles. The lowest BCUT2D eigenvalue weighted by Crippen LogP contribution is -2.16. The van der Waals surface area contributed by atoms with E-state index < -0.39 is 0 Å². The highest BCUT2D eigenvalue weighted by atomic mass is 32.1. The number of aryl methyl sites for hydroxylation is 3. The first-order valence-corrected chi connectivity index (χ1v) is 7.00. The Morgan fingerprint density at radius 3 is 2.61 bits per heavy atom. The first kappa shape index (κ1) is 13.0. The quantitative estimate of drug-likeness (QED) is 0.818. The molecule has 18 heavy (non-hydrogen) atoms. The molecule has 0 N–H and O–H groups in total. The monoisotopic (exact) mass is 262 g/mol. The molecular formula is C14H18N2OS. The van der Waals surface area contributed by atoms with Crippen molar-refractivity contribution in [1.29, 1.82) is 0 Å². The highest BCUT2D eigenvalue weighted by Crippen LogP contribution is 2.22. The highest BCUT2D eigenvalue weighted by Gasteiger charge is 2.07. The van der Waals surface area contributed by atoms with Crippen LogP contribution in [0.4, 0.5) is 0 Å². The minimum Gasteiger partial charge on any atom is -0.316 e. The summed E-state index contributed by atoms with van der Waals surface area (Å²) < 4.78 is 3.35. The third-order valence-corrected chi connectivity index (χ3v) is 4.04. The Morgan fingerprint density at radius 2 is 2.00 bits per heavy atom. The van der Waals surface area contributed by atoms with Crippen LogP contribution < -0.4 is 4.80 Å². The molecule has 1 aromatic heterocycles. The molecule has 0 bridgehead atoms. The number of benzene rings is 1. The zero-order chi connectivity index (χ0) is 13.3. The molecule has 0 aliphatic rings. The zero-order valence-corrected chi connectivity index (χ0v) is 12.1. The van der Waals surface area contributed by atoms with Crippen molar-refractivity contribution in [3.63, 3.8) is 0 Å². The molecule has 96 valence electrons. The van der Waals surface area contributed by atoms with Crippen LogP contribution in [-0.4, -0.2) is 10.5 Å². The third kappa shape index (κ3) is 2.38. The van der Waals surface area contributed by atoms with Crippen molar-refractivity contribution in [2.24, 2.45) is 4.99 Å². The summed E-state index contributed by atoms with van der Waals surface area (Å²) in [4.78, 5) is 16.1. The number of hydrogen-bond acceptors (Lipinski definition) is 2. The minimum atomic E-state index is -0.139. The van der Waals surface area contributed by atoms with Crippen molar-refractivity contribution in [1.82, 2.24) is 4.57 Å². The number of rotatable bonds is 2. The summed E-state index contributed by atoms with van der Waals surface area (Å²) in [5.41, 5.74) is 3.74. The molecule has 0 radical (unpaired) electrons. The highest BCUT2D eigenvalue weighted by molar-refractivity contribution is 7.16. The van der Waals surface area contributed by atoms with E-state index in [1.807, 2.05) is 0 Å². The van der Waals surface area contributed by atoms with Crippen LogP contribution in [-0.2, 0) is 11.3 Å². The number of nitrogens with zero attached hydrogens (tertiary/aromatic N) is 2. The predicted molar refractivity (Wildman–Crippen MR) is 75.8 cm³/mol. The fraction of sp³-hybridized carbons (Fsp3) is 0.429. The van der Waals surface area contributed by atoms with Crippen molar-refractivity contribution in [2.75, 3.05) is 0 Å². The first-order valence-electron chi connectivity index (χ1n) is 6.18. The third-order valence-electron chi connectivity index (χ3n) is 3.00. The van der Waals surface area contributed by atoms with Crippen LogP contribution in [0.25, 0.3) is 10.2 Å². The predicted octanol–water partition coefficient (Wildman–Crippen LogP) is 3.18. The van der Waals surface area contributed by atoms with Crippen LogP contribution >= 0.6 is 11.3 Å². The van der Waals surface area contributed by atoms with E-state index in [4.69, 9.17) is 0 Å². The Hall–Kier alpha value is -1.42. The van der Waals surface area contributed by atoms with Crippen LogP contribution in [0.5, 0.6) is 0 Å². The average molecular weight is 262 g/mol. The van der Waals surface area contributed by atoms with Crippen molar-refractivity contribution < 1.29 is 4.79 Å². The maximum absolute atomic E-state index is 11.2. The summed E-state index contributed by atoms with van der Waals surface area (Å²) in [5.74, 6) is -0.139. The van der Waals surface area contributed by atoms with Gasteiger partial charge in [-0.05, 0) is 43.5 Å². The van der Waals surface area contributed by atoms with E-state index >= 15 is 0 Å². The van der Waals surface area contributed by atoms with Gasteiger partial charge >= 0.3 is 0 Å². The van der Waals surface area contributed by atoms with Gasteiger partial charge in [-0.15, -0.1) is 0 Å². The summed E-state index contributed by atoms with van der Waals surface area (Å²) >= 11 is 1.59. The first-order chi connectivity index (χ1) is 8.52. The van der Waals surface area contributed by atoms with Crippen LogP contribution in [0.1, 0.15) is 31.4 Å². The molecule has 0 aliphatic heterocycles. The lowest BCUT2D eigenvalue weighted by atomic mass is 10.1. The average Bonchev–Trinajstić information content (AvgIpc) is 2.58. The fourth-order valence-electron chi connectivity index (χ4n) is 1.98. The van der Waals surface area contributed by atoms with E-state index in [2.05, 4.69) is 42.5 Å². The van der Waals surface area contributed by atoms with E-state index in [-0.39, 0.29) is 5.91 Å². The number of carbonyl (C=O) groups excluding carboxylic acids is 1. The molecule has 2 aromatic rings. The number of thiazole rings is 1. The summed E-state index contributed by atoms with van der Waals surface area (Å²) in [7, 11) is 0. The summed E-state index contributed by atoms with van der Waals surface area (Å²) in [5, 5.41) is 0. The van der Waals surface area contributed by atoms with Gasteiger partial charge in [-0.1, -0.05) is 18.3 Å². The molecule has 0 spiro atoms. The Morgan fingerprint density at radius 1 is 1.33 bits per heavy atom. The van der Waals surface area contributed by atoms with Gasteiger partial charge in [0.05, 0.1) is 10.2 Å². The van der Waals surface area contributed by atoms with Crippen LogP contribution in [0.2, 0.25) is 0 Å². The fourth-order valence-corrected chi connectivity index (χ4v) is 3.16. The van der Waals surface area contributed by atoms with E-state index in [0.29, 0.717) is 0 Å². The molecular weight excluding hydrogens is 244 g/mol. The topological polar surface area (TPSA) is 34.4 Å². The van der Waals surface area contributed by atoms with Crippen molar-refractivity contribution in [3.8, 4) is 0 Å². The van der Waals surface area contributed by atoms with Crippen molar-refractivity contribution >= 4 is 27.5 Å². The van der Waals surface area contributed by atoms with E-state index in [1.54, 1.807) is 11.3 Å². The maximum atomic E-state index is 11.2. The molecule has 2 rings (SSSR count). The standard InChI is InChI=1S/C14H18N2OS/c1-5-6-16-12-7-9(2)10(3)8-13(12)18-14(16)15-11(4)17/h7-8H,5-6H2,1-4H3. The van der Waals surface area contributed by atoms with Gasteiger partial charge in [0.2, 0.25) is 5.91 Å². The molecule has 0 unspecified atom stereocenters. The SMILES string of the molecule is CCCn1c(=NC(C)=O)sc2cc(C)c(C)cc21. The van der Waals surface area contributed by atoms with Gasteiger partial charge in [0.15, 0.2) is 4.80 Å². The molecule has 1 heterocycles. The molecule has 1 aromatic carbocycles. The summed E-state index contributed by atoms with van der Waals surface area (Å²) in [6.45, 7) is 8.76. The molecule has 0 saturated carbocycles. The van der Waals surface area contributed by atoms with Gasteiger partial charge in [-0.3, -0.25) is 4.79 Å². The lowest BCUT2D eigenvalue weighted by molar-refractivity contribution is -0.116. The molecule has 4 heteroatoms. The van der Waals surface area contributed by atoms with Gasteiger partial charge in [0.25, 0.3) is 0 Å². The number of carbonyl (C=O) groups is 1. The Labute approximate surface area is 111 Å². The van der Waals surface area contributed by atoms with Crippen LogP contribution in [0.3, 0.4) is 0 Å². The smallest absolute Gasteiger partial charge is 0.245 e. The molecule has 0 atom stereocenters. The molecule has 1 amide bonds. The number of fused-ring (bicyclic) bond motifs is 1. The van der Waals surface area contributed by atoms with Gasteiger partial charge < -0.3 is 4.57 Å². The van der Waals surface area contributed by atoms with Crippen molar-refractivity contribution in [3.05, 3.63) is 28.1 Å². The Balaban J connectivity index is 2.79. The second kappa shape index (κ2) is 5.06. The second-order valence-electron chi connectivity index (χ2n) is 4.57. The second-order valence-corrected chi connectivity index (χ2v) is 5.58. The molecule has 0 aliphatic carbocycles. The summed E-state index contributed by atoms with van der Waals surface area (Å²) in [6.07, 6.45) is 1.03. The van der Waals surface area contributed by atoms with Crippen LogP contribution in [0, 0.1) is 13.8 Å². The van der Waals surface area contributed by atoms with Crippen molar-refractivity contribution in [2.45, 2.75) is 40.7 Å². The molecule has 0 fully saturated rings. The Kier molecular flexibility index (Phi) is 3.66. The largest absolute Gasteiger partial charge is 0.316 e. The summed E-state index contributed by atoms with van der Waals surface area (Å²) in [6, 6.07) is 4.37.